The summed E-state index contributed by atoms with van der Waals surface area (Å²) in [5.41, 5.74) is 0. The van der Waals surface area contributed by atoms with E-state index in [2.05, 4.69) is 12.2 Å². The molecule has 2 N–H and O–H groups in total. The van der Waals surface area contributed by atoms with Gasteiger partial charge in [-0.3, -0.25) is 4.79 Å². The number of carbonyl (C=O) groups is 2. The Morgan fingerprint density at radius 1 is 1.43 bits per heavy atom. The highest BCUT2D eigenvalue weighted by molar-refractivity contribution is 7.13. The van der Waals surface area contributed by atoms with Crippen molar-refractivity contribution in [2.24, 2.45) is 5.92 Å². The topological polar surface area (TPSA) is 75.6 Å². The molecule has 2 rings (SSSR count). The number of nitrogens with one attached hydrogen (secondary N) is 1. The molecule has 3 atom stereocenters. The normalized spacial score (nSPS) is 22.5. The van der Waals surface area contributed by atoms with Crippen LogP contribution in [0.4, 0.5) is 0 Å². The van der Waals surface area contributed by atoms with Gasteiger partial charge in [0.1, 0.15) is 11.0 Å². The van der Waals surface area contributed by atoms with E-state index in [0.29, 0.717) is 18.9 Å². The molecule has 1 amide bonds. The van der Waals surface area contributed by atoms with Gasteiger partial charge < -0.3 is 15.2 Å². The van der Waals surface area contributed by atoms with Crippen LogP contribution in [0.15, 0.2) is 12.1 Å². The molecular formula is C17H25NO4S. The maximum Gasteiger partial charge on any atom is 0.345 e. The molecule has 0 bridgehead atoms. The lowest BCUT2D eigenvalue weighted by atomic mass is 9.88. The monoisotopic (exact) mass is 339 g/mol. The molecule has 6 heteroatoms. The number of rotatable bonds is 7. The minimum absolute atomic E-state index is 0.115. The van der Waals surface area contributed by atoms with Crippen LogP contribution in [0.1, 0.15) is 60.5 Å². The quantitative estimate of drug-likeness (QED) is 0.798. The molecule has 0 aliphatic heterocycles. The van der Waals surface area contributed by atoms with Crippen LogP contribution in [0, 0.1) is 5.92 Å². The average Bonchev–Trinajstić information content (AvgIpc) is 2.99. The number of ether oxygens (including phenoxy) is 1. The van der Waals surface area contributed by atoms with Gasteiger partial charge in [0, 0.05) is 4.88 Å². The second-order valence-corrected chi connectivity index (χ2v) is 7.38. The fraction of sp³-hybridized carbons (Fsp3) is 0.647. The Bertz CT molecular complexity index is 542. The molecule has 0 saturated heterocycles. The lowest BCUT2D eigenvalue weighted by Crippen LogP contribution is -2.39. The van der Waals surface area contributed by atoms with E-state index < -0.39 is 12.1 Å². The van der Waals surface area contributed by atoms with Crippen LogP contribution in [0.2, 0.25) is 0 Å². The molecule has 0 spiro atoms. The van der Waals surface area contributed by atoms with Crippen LogP contribution >= 0.6 is 11.3 Å². The molecule has 0 aromatic carbocycles. The fourth-order valence-corrected chi connectivity index (χ4v) is 3.74. The molecule has 1 fully saturated rings. The van der Waals surface area contributed by atoms with Crippen molar-refractivity contribution in [3.63, 3.8) is 0 Å². The summed E-state index contributed by atoms with van der Waals surface area (Å²) in [5, 5.41) is 11.8. The predicted octanol–water partition coefficient (Wildman–Crippen LogP) is 3.44. The van der Waals surface area contributed by atoms with Gasteiger partial charge in [0.05, 0.1) is 12.6 Å². The van der Waals surface area contributed by atoms with Gasteiger partial charge in [-0.15, -0.1) is 11.3 Å². The molecule has 0 radical (unpaired) electrons. The third-order valence-corrected chi connectivity index (χ3v) is 5.29. The Morgan fingerprint density at radius 3 is 2.83 bits per heavy atom. The van der Waals surface area contributed by atoms with E-state index in [1.165, 1.54) is 17.8 Å². The lowest BCUT2D eigenvalue weighted by Gasteiger charge is -2.29. The van der Waals surface area contributed by atoms with Crippen LogP contribution in [-0.2, 0) is 16.1 Å². The van der Waals surface area contributed by atoms with Crippen molar-refractivity contribution in [3.05, 3.63) is 21.9 Å². The second kappa shape index (κ2) is 8.45. The molecule has 23 heavy (non-hydrogen) atoms. The Morgan fingerprint density at radius 2 is 2.22 bits per heavy atom. The van der Waals surface area contributed by atoms with Crippen LogP contribution < -0.4 is 5.32 Å². The van der Waals surface area contributed by atoms with Gasteiger partial charge in [-0.05, 0) is 37.3 Å². The zero-order chi connectivity index (χ0) is 16.8. The van der Waals surface area contributed by atoms with Crippen molar-refractivity contribution < 1.29 is 19.4 Å². The molecule has 5 nitrogen and oxygen atoms in total. The number of carbonyl (C=O) groups excluding carboxylic acids is 1. The zero-order valence-electron chi connectivity index (χ0n) is 13.7. The van der Waals surface area contributed by atoms with E-state index in [0.717, 1.165) is 24.1 Å². The van der Waals surface area contributed by atoms with Crippen molar-refractivity contribution in [2.45, 2.75) is 64.7 Å². The first kappa shape index (κ1) is 17.9. The van der Waals surface area contributed by atoms with Crippen LogP contribution in [-0.4, -0.2) is 29.2 Å². The standard InChI is InChI=1S/C17H25NO4S/c1-3-14(22-12-6-4-5-11(2)9-12)16(19)18-10-13-7-8-15(23-13)17(20)21/h7-8,11-12,14H,3-6,9-10H2,1-2H3,(H,18,19)(H,20,21). The van der Waals surface area contributed by atoms with E-state index in [1.807, 2.05) is 6.92 Å². The number of hydrogen-bond acceptors (Lipinski definition) is 4. The minimum Gasteiger partial charge on any atom is -0.477 e. The SMILES string of the molecule is CCC(OC1CCCC(C)C1)C(=O)NCc1ccc(C(=O)O)s1. The molecule has 1 aliphatic rings. The molecule has 1 aromatic rings. The Hall–Kier alpha value is -1.40. The number of aromatic carboxylic acids is 1. The van der Waals surface area contributed by atoms with Crippen molar-refractivity contribution in [1.82, 2.24) is 5.32 Å². The maximum absolute atomic E-state index is 12.3. The highest BCUT2D eigenvalue weighted by Crippen LogP contribution is 2.27. The smallest absolute Gasteiger partial charge is 0.345 e. The number of hydrogen-bond donors (Lipinski definition) is 2. The fourth-order valence-electron chi connectivity index (χ4n) is 2.95. The zero-order valence-corrected chi connectivity index (χ0v) is 14.5. The van der Waals surface area contributed by atoms with Gasteiger partial charge in [0.2, 0.25) is 5.91 Å². The van der Waals surface area contributed by atoms with Gasteiger partial charge in [-0.1, -0.05) is 26.7 Å². The first-order valence-electron chi connectivity index (χ1n) is 8.24. The van der Waals surface area contributed by atoms with Crippen LogP contribution in [0.5, 0.6) is 0 Å². The van der Waals surface area contributed by atoms with Gasteiger partial charge in [-0.25, -0.2) is 4.79 Å². The molecule has 1 heterocycles. The summed E-state index contributed by atoms with van der Waals surface area (Å²) in [6, 6.07) is 3.30. The summed E-state index contributed by atoms with van der Waals surface area (Å²) in [6.07, 6.45) is 4.85. The molecular weight excluding hydrogens is 314 g/mol. The summed E-state index contributed by atoms with van der Waals surface area (Å²) in [6.45, 7) is 4.52. The number of amides is 1. The summed E-state index contributed by atoms with van der Waals surface area (Å²) < 4.78 is 6.00. The van der Waals surface area contributed by atoms with Crippen molar-refractivity contribution in [2.75, 3.05) is 0 Å². The van der Waals surface area contributed by atoms with E-state index in [9.17, 15) is 9.59 Å². The molecule has 1 saturated carbocycles. The van der Waals surface area contributed by atoms with Gasteiger partial charge >= 0.3 is 5.97 Å². The second-order valence-electron chi connectivity index (χ2n) is 6.22. The summed E-state index contributed by atoms with van der Waals surface area (Å²) in [4.78, 5) is 24.3. The molecule has 128 valence electrons. The summed E-state index contributed by atoms with van der Waals surface area (Å²) >= 11 is 1.18. The minimum atomic E-state index is -0.936. The van der Waals surface area contributed by atoms with Crippen LogP contribution in [0.25, 0.3) is 0 Å². The van der Waals surface area contributed by atoms with E-state index >= 15 is 0 Å². The van der Waals surface area contributed by atoms with E-state index in [1.54, 1.807) is 12.1 Å². The largest absolute Gasteiger partial charge is 0.477 e. The third-order valence-electron chi connectivity index (χ3n) is 4.22. The predicted molar refractivity (Wildman–Crippen MR) is 89.7 cm³/mol. The van der Waals surface area contributed by atoms with Gasteiger partial charge in [0.25, 0.3) is 0 Å². The van der Waals surface area contributed by atoms with E-state index in [4.69, 9.17) is 9.84 Å². The third kappa shape index (κ3) is 5.32. The molecule has 3 unspecified atom stereocenters. The summed E-state index contributed by atoms with van der Waals surface area (Å²) in [5.74, 6) is -0.389. The van der Waals surface area contributed by atoms with Crippen LogP contribution in [0.3, 0.4) is 0 Å². The maximum atomic E-state index is 12.3. The van der Waals surface area contributed by atoms with Gasteiger partial charge in [0.15, 0.2) is 0 Å². The van der Waals surface area contributed by atoms with Crippen molar-refractivity contribution in [3.8, 4) is 0 Å². The first-order chi connectivity index (χ1) is 11.0. The first-order valence-corrected chi connectivity index (χ1v) is 9.06. The molecule has 1 aliphatic carbocycles. The number of carboxylic acid groups (broad SMARTS) is 1. The molecule has 1 aromatic heterocycles. The Balaban J connectivity index is 1.83. The average molecular weight is 339 g/mol. The van der Waals surface area contributed by atoms with E-state index in [-0.39, 0.29) is 16.9 Å². The van der Waals surface area contributed by atoms with Gasteiger partial charge in [-0.2, -0.15) is 0 Å². The summed E-state index contributed by atoms with van der Waals surface area (Å²) in [7, 11) is 0. The Kier molecular flexibility index (Phi) is 6.59. The number of thiophene rings is 1. The Labute approximate surface area is 141 Å². The highest BCUT2D eigenvalue weighted by atomic mass is 32.1. The number of carboxylic acids is 1. The highest BCUT2D eigenvalue weighted by Gasteiger charge is 2.25. The lowest BCUT2D eigenvalue weighted by molar-refractivity contribution is -0.139. The van der Waals surface area contributed by atoms with Crippen molar-refractivity contribution >= 4 is 23.2 Å². The van der Waals surface area contributed by atoms with Crippen molar-refractivity contribution in [1.29, 1.82) is 0 Å².